The molecule has 7 heteroatoms. The van der Waals surface area contributed by atoms with Gasteiger partial charge in [0, 0.05) is 18.9 Å². The van der Waals surface area contributed by atoms with Crippen molar-refractivity contribution in [3.8, 4) is 0 Å². The Bertz CT molecular complexity index is 465. The number of sulfonamides is 1. The molecule has 0 spiro atoms. The van der Waals surface area contributed by atoms with Crippen LogP contribution in [0.3, 0.4) is 0 Å². The summed E-state index contributed by atoms with van der Waals surface area (Å²) in [5.41, 5.74) is 0. The topological polar surface area (TPSA) is 59.1 Å². The van der Waals surface area contributed by atoms with Crippen molar-refractivity contribution in [1.82, 2.24) is 9.71 Å². The van der Waals surface area contributed by atoms with E-state index >= 15 is 0 Å². The van der Waals surface area contributed by atoms with E-state index in [2.05, 4.69) is 9.71 Å². The molecule has 1 heterocycles. The van der Waals surface area contributed by atoms with Gasteiger partial charge in [0.15, 0.2) is 0 Å². The average Bonchev–Trinajstić information content (AvgIpc) is 2.27. The second-order valence-corrected chi connectivity index (χ2v) is 6.87. The van der Waals surface area contributed by atoms with Gasteiger partial charge in [0.25, 0.3) is 0 Å². The van der Waals surface area contributed by atoms with Crippen molar-refractivity contribution >= 4 is 33.4 Å². The molecule has 0 radical (unpaired) electrons. The van der Waals surface area contributed by atoms with Gasteiger partial charge in [-0.05, 0) is 24.0 Å². The highest BCUT2D eigenvalue weighted by Gasteiger charge is 2.15. The Morgan fingerprint density at radius 2 is 2.24 bits per heavy atom. The van der Waals surface area contributed by atoms with Crippen LogP contribution in [0, 0.1) is 5.92 Å². The van der Waals surface area contributed by atoms with E-state index in [0.29, 0.717) is 11.6 Å². The number of rotatable bonds is 6. The van der Waals surface area contributed by atoms with Gasteiger partial charge in [-0.3, -0.25) is 4.98 Å². The van der Waals surface area contributed by atoms with Crippen LogP contribution < -0.4 is 4.72 Å². The van der Waals surface area contributed by atoms with Crippen molar-refractivity contribution < 1.29 is 8.42 Å². The van der Waals surface area contributed by atoms with Crippen LogP contribution in [0.25, 0.3) is 0 Å². The van der Waals surface area contributed by atoms with Crippen molar-refractivity contribution in [3.05, 3.63) is 23.5 Å². The quantitative estimate of drug-likeness (QED) is 0.872. The lowest BCUT2D eigenvalue weighted by atomic mass is 10.2. The van der Waals surface area contributed by atoms with Gasteiger partial charge in [-0.1, -0.05) is 18.5 Å². The molecular formula is C10H15ClN2O2S2. The summed E-state index contributed by atoms with van der Waals surface area (Å²) < 4.78 is 26.3. The summed E-state index contributed by atoms with van der Waals surface area (Å²) in [6, 6.07) is 1.39. The Morgan fingerprint density at radius 1 is 1.53 bits per heavy atom. The first-order chi connectivity index (χ1) is 7.95. The Balaban J connectivity index is 2.69. The minimum absolute atomic E-state index is 0.0985. The van der Waals surface area contributed by atoms with Crippen LogP contribution in [0.5, 0.6) is 0 Å². The number of halogens is 1. The van der Waals surface area contributed by atoms with Gasteiger partial charge in [0.2, 0.25) is 10.0 Å². The average molecular weight is 295 g/mol. The van der Waals surface area contributed by atoms with Gasteiger partial charge in [0.1, 0.15) is 4.90 Å². The molecule has 0 aliphatic rings. The summed E-state index contributed by atoms with van der Waals surface area (Å²) in [6.07, 6.45) is 4.68. The summed E-state index contributed by atoms with van der Waals surface area (Å²) >= 11 is 7.40. The summed E-state index contributed by atoms with van der Waals surface area (Å²) in [5, 5.41) is 0.310. The molecule has 0 saturated heterocycles. The van der Waals surface area contributed by atoms with E-state index in [1.807, 2.05) is 13.2 Å². The molecule has 1 N–H and O–H groups in total. The fourth-order valence-electron chi connectivity index (χ4n) is 1.22. The first kappa shape index (κ1) is 14.8. The molecule has 4 nitrogen and oxygen atoms in total. The summed E-state index contributed by atoms with van der Waals surface area (Å²) in [4.78, 5) is 3.86. The fraction of sp³-hybridized carbons (Fsp3) is 0.500. The highest BCUT2D eigenvalue weighted by Crippen LogP contribution is 2.13. The molecule has 1 aromatic heterocycles. The number of pyridine rings is 1. The third-order valence-corrected chi connectivity index (χ3v) is 4.56. The normalized spacial score (nSPS) is 13.6. The third kappa shape index (κ3) is 4.83. The monoisotopic (exact) mass is 294 g/mol. The third-order valence-electron chi connectivity index (χ3n) is 2.06. The van der Waals surface area contributed by atoms with Crippen molar-refractivity contribution in [2.24, 2.45) is 5.92 Å². The zero-order chi connectivity index (χ0) is 12.9. The van der Waals surface area contributed by atoms with Crippen molar-refractivity contribution in [3.63, 3.8) is 0 Å². The molecule has 1 atom stereocenters. The van der Waals surface area contributed by atoms with Crippen molar-refractivity contribution in [1.29, 1.82) is 0 Å². The van der Waals surface area contributed by atoms with E-state index in [1.165, 1.54) is 18.5 Å². The van der Waals surface area contributed by atoms with Crippen LogP contribution in [-0.4, -0.2) is 32.0 Å². The van der Waals surface area contributed by atoms with Crippen LogP contribution >= 0.6 is 23.4 Å². The molecule has 0 bridgehead atoms. The lowest BCUT2D eigenvalue weighted by Crippen LogP contribution is -2.29. The van der Waals surface area contributed by atoms with Gasteiger partial charge in [0.05, 0.1) is 5.02 Å². The maximum Gasteiger partial charge on any atom is 0.242 e. The molecule has 1 rings (SSSR count). The number of aromatic nitrogens is 1. The predicted molar refractivity (Wildman–Crippen MR) is 72.0 cm³/mol. The maximum absolute atomic E-state index is 11.9. The molecule has 0 aliphatic carbocycles. The van der Waals surface area contributed by atoms with E-state index in [0.717, 1.165) is 5.75 Å². The number of hydrogen-bond acceptors (Lipinski definition) is 4. The lowest BCUT2D eigenvalue weighted by Gasteiger charge is -2.11. The lowest BCUT2D eigenvalue weighted by molar-refractivity contribution is 0.562. The smallest absolute Gasteiger partial charge is 0.242 e. The van der Waals surface area contributed by atoms with Gasteiger partial charge >= 0.3 is 0 Å². The van der Waals surface area contributed by atoms with Gasteiger partial charge in [-0.2, -0.15) is 11.8 Å². The second kappa shape index (κ2) is 6.58. The molecular weight excluding hydrogens is 280 g/mol. The van der Waals surface area contributed by atoms with Crippen LogP contribution in [0.1, 0.15) is 6.92 Å². The van der Waals surface area contributed by atoms with Gasteiger partial charge in [-0.25, -0.2) is 13.1 Å². The summed E-state index contributed by atoms with van der Waals surface area (Å²) in [6.45, 7) is 2.41. The minimum Gasteiger partial charge on any atom is -0.262 e. The highest BCUT2D eigenvalue weighted by atomic mass is 35.5. The maximum atomic E-state index is 11.9. The van der Waals surface area contributed by atoms with Crippen LogP contribution in [-0.2, 0) is 10.0 Å². The number of nitrogens with zero attached hydrogens (tertiary/aromatic N) is 1. The van der Waals surface area contributed by atoms with Crippen molar-refractivity contribution in [2.45, 2.75) is 11.8 Å². The number of hydrogen-bond donors (Lipinski definition) is 1. The zero-order valence-electron chi connectivity index (χ0n) is 9.68. The Morgan fingerprint density at radius 3 is 2.82 bits per heavy atom. The van der Waals surface area contributed by atoms with Gasteiger partial charge in [-0.15, -0.1) is 0 Å². The number of thioether (sulfide) groups is 1. The molecule has 1 unspecified atom stereocenters. The van der Waals surface area contributed by atoms with E-state index in [4.69, 9.17) is 11.6 Å². The van der Waals surface area contributed by atoms with Crippen LogP contribution in [0.2, 0.25) is 5.02 Å². The van der Waals surface area contributed by atoms with Crippen molar-refractivity contribution in [2.75, 3.05) is 18.6 Å². The Kier molecular flexibility index (Phi) is 5.72. The van der Waals surface area contributed by atoms with Gasteiger partial charge < -0.3 is 0 Å². The van der Waals surface area contributed by atoms with E-state index in [-0.39, 0.29) is 10.8 Å². The number of nitrogens with one attached hydrogen (secondary N) is 1. The molecule has 0 fully saturated rings. The largest absolute Gasteiger partial charge is 0.262 e. The van der Waals surface area contributed by atoms with Crippen LogP contribution in [0.15, 0.2) is 23.4 Å². The Labute approximate surface area is 111 Å². The standard InChI is InChI=1S/C10H15ClN2O2S2/c1-8(7-16-2)4-13-17(14,15)10-3-9(11)5-12-6-10/h3,5-6,8,13H,4,7H2,1-2H3. The second-order valence-electron chi connectivity index (χ2n) is 3.75. The molecule has 0 amide bonds. The molecule has 1 aromatic rings. The molecule has 0 aromatic carbocycles. The highest BCUT2D eigenvalue weighted by molar-refractivity contribution is 7.98. The van der Waals surface area contributed by atoms with E-state index in [1.54, 1.807) is 11.8 Å². The molecule has 96 valence electrons. The fourth-order valence-corrected chi connectivity index (χ4v) is 3.30. The SMILES string of the molecule is CSCC(C)CNS(=O)(=O)c1cncc(Cl)c1. The van der Waals surface area contributed by atoms with E-state index < -0.39 is 10.0 Å². The minimum atomic E-state index is -3.50. The molecule has 17 heavy (non-hydrogen) atoms. The summed E-state index contributed by atoms with van der Waals surface area (Å²) in [7, 11) is -3.50. The first-order valence-corrected chi connectivity index (χ1v) is 8.30. The summed E-state index contributed by atoms with van der Waals surface area (Å²) in [5.74, 6) is 1.20. The first-order valence-electron chi connectivity index (χ1n) is 5.05. The zero-order valence-corrected chi connectivity index (χ0v) is 12.1. The predicted octanol–water partition coefficient (Wildman–Crippen LogP) is 2.01. The Hall–Kier alpha value is -0.300. The molecule has 0 saturated carbocycles. The molecule has 0 aliphatic heterocycles. The van der Waals surface area contributed by atoms with Crippen LogP contribution in [0.4, 0.5) is 0 Å². The van der Waals surface area contributed by atoms with E-state index in [9.17, 15) is 8.42 Å².